The van der Waals surface area contributed by atoms with E-state index in [9.17, 15) is 13.2 Å². The zero-order valence-corrected chi connectivity index (χ0v) is 16.1. The summed E-state index contributed by atoms with van der Waals surface area (Å²) in [7, 11) is -2.04. The molecule has 0 fully saturated rings. The summed E-state index contributed by atoms with van der Waals surface area (Å²) in [5, 5.41) is 11.0. The van der Waals surface area contributed by atoms with Crippen LogP contribution in [0.5, 0.6) is 5.75 Å². The second kappa shape index (κ2) is 10.1. The molecule has 0 radical (unpaired) electrons. The number of benzene rings is 2. The number of carbonyl (C=O) groups is 1. The minimum Gasteiger partial charge on any atom is -0.497 e. The van der Waals surface area contributed by atoms with E-state index in [0.29, 0.717) is 19.5 Å². The van der Waals surface area contributed by atoms with Gasteiger partial charge in [0.25, 0.3) is 0 Å². The molecule has 0 saturated carbocycles. The van der Waals surface area contributed by atoms with Gasteiger partial charge in [-0.05, 0) is 54.8 Å². The highest BCUT2D eigenvalue weighted by Gasteiger charge is 2.07. The van der Waals surface area contributed by atoms with Crippen LogP contribution in [0.3, 0.4) is 0 Å². The number of ether oxygens (including phenoxy) is 1. The molecule has 27 heavy (non-hydrogen) atoms. The fraction of sp³-hybridized carbons (Fsp3) is 0.316. The van der Waals surface area contributed by atoms with Crippen LogP contribution < -0.4 is 20.5 Å². The first-order chi connectivity index (χ1) is 12.9. The average Bonchev–Trinajstić information content (AvgIpc) is 2.65. The zero-order valence-electron chi connectivity index (χ0n) is 15.3. The molecule has 2 aromatic carbocycles. The fourth-order valence-corrected chi connectivity index (χ4v) is 3.00. The predicted molar refractivity (Wildman–Crippen MR) is 104 cm³/mol. The second-order valence-corrected chi connectivity index (χ2v) is 7.63. The Kier molecular flexibility index (Phi) is 7.78. The summed E-state index contributed by atoms with van der Waals surface area (Å²) in [6, 6.07) is 14.1. The number of methoxy groups -OCH3 is 1. The lowest BCUT2D eigenvalue weighted by Crippen LogP contribution is -2.35. The molecular formula is C19H25N3O4S. The molecule has 1 amide bonds. The van der Waals surface area contributed by atoms with Crippen LogP contribution in [0.15, 0.2) is 53.4 Å². The number of hydrogen-bond donors (Lipinski definition) is 3. The van der Waals surface area contributed by atoms with E-state index in [1.54, 1.807) is 19.2 Å². The van der Waals surface area contributed by atoms with Crippen LogP contribution in [-0.2, 0) is 27.7 Å². The van der Waals surface area contributed by atoms with Crippen molar-refractivity contribution < 1.29 is 17.9 Å². The lowest BCUT2D eigenvalue weighted by atomic mass is 10.1. The van der Waals surface area contributed by atoms with E-state index < -0.39 is 10.0 Å². The topological polar surface area (TPSA) is 111 Å². The molecule has 8 heteroatoms. The van der Waals surface area contributed by atoms with E-state index in [2.05, 4.69) is 10.6 Å². The minimum absolute atomic E-state index is 0.0779. The maximum atomic E-state index is 11.8. The third-order valence-electron chi connectivity index (χ3n) is 4.02. The number of amides is 1. The Morgan fingerprint density at radius 2 is 1.52 bits per heavy atom. The van der Waals surface area contributed by atoms with Gasteiger partial charge in [-0.25, -0.2) is 13.6 Å². The van der Waals surface area contributed by atoms with Crippen molar-refractivity contribution in [1.29, 1.82) is 0 Å². The second-order valence-electron chi connectivity index (χ2n) is 6.06. The van der Waals surface area contributed by atoms with Crippen molar-refractivity contribution in [2.75, 3.05) is 26.7 Å². The summed E-state index contributed by atoms with van der Waals surface area (Å²) in [4.78, 5) is 11.9. The number of hydrogen-bond acceptors (Lipinski definition) is 5. The molecule has 0 aliphatic heterocycles. The summed E-state index contributed by atoms with van der Waals surface area (Å²) in [5.74, 6) is 0.747. The lowest BCUT2D eigenvalue weighted by Gasteiger charge is -2.08. The van der Waals surface area contributed by atoms with Crippen molar-refractivity contribution >= 4 is 15.9 Å². The molecule has 0 aromatic heterocycles. The summed E-state index contributed by atoms with van der Waals surface area (Å²) in [5.41, 5.74) is 2.10. The summed E-state index contributed by atoms with van der Waals surface area (Å²) >= 11 is 0. The van der Waals surface area contributed by atoms with Gasteiger partial charge in [0.2, 0.25) is 15.9 Å². The Labute approximate surface area is 160 Å². The third-order valence-corrected chi connectivity index (χ3v) is 4.95. The SMILES string of the molecule is COc1ccc(CCNCC(=O)NCCc2ccc(S(N)(=O)=O)cc2)cc1. The number of nitrogens with two attached hydrogens (primary N) is 1. The highest BCUT2D eigenvalue weighted by Crippen LogP contribution is 2.11. The van der Waals surface area contributed by atoms with Gasteiger partial charge in [0.15, 0.2) is 0 Å². The predicted octanol–water partition coefficient (Wildman–Crippen LogP) is 0.834. The van der Waals surface area contributed by atoms with Crippen LogP contribution in [0.1, 0.15) is 11.1 Å². The van der Waals surface area contributed by atoms with Crippen LogP contribution in [-0.4, -0.2) is 41.1 Å². The molecule has 0 bridgehead atoms. The molecule has 4 N–H and O–H groups in total. The summed E-state index contributed by atoms with van der Waals surface area (Å²) in [6.07, 6.45) is 1.44. The first kappa shape index (κ1) is 20.9. The maximum absolute atomic E-state index is 11.8. The Hall–Kier alpha value is -2.42. The van der Waals surface area contributed by atoms with Gasteiger partial charge in [-0.15, -0.1) is 0 Å². The van der Waals surface area contributed by atoms with Crippen LogP contribution in [0.25, 0.3) is 0 Å². The number of sulfonamides is 1. The molecule has 2 aromatic rings. The zero-order chi connectivity index (χ0) is 19.7. The van der Waals surface area contributed by atoms with E-state index in [4.69, 9.17) is 9.88 Å². The van der Waals surface area contributed by atoms with Crippen LogP contribution in [0.4, 0.5) is 0 Å². The Bertz CT molecular complexity index is 834. The van der Waals surface area contributed by atoms with Gasteiger partial charge in [-0.1, -0.05) is 24.3 Å². The standard InChI is InChI=1S/C19H25N3O4S/c1-26-17-6-2-15(3-7-17)10-12-21-14-19(23)22-13-11-16-4-8-18(9-5-16)27(20,24)25/h2-9,21H,10-14H2,1H3,(H,22,23)(H2,20,24,25). The highest BCUT2D eigenvalue weighted by atomic mass is 32.2. The van der Waals surface area contributed by atoms with Crippen molar-refractivity contribution in [2.24, 2.45) is 5.14 Å². The van der Waals surface area contributed by atoms with E-state index in [1.807, 2.05) is 24.3 Å². The number of carbonyl (C=O) groups excluding carboxylic acids is 1. The fourth-order valence-electron chi connectivity index (χ4n) is 2.48. The number of rotatable bonds is 10. The van der Waals surface area contributed by atoms with Gasteiger partial charge >= 0.3 is 0 Å². The minimum atomic E-state index is -3.67. The number of primary sulfonamides is 1. The first-order valence-corrected chi connectivity index (χ1v) is 10.2. The van der Waals surface area contributed by atoms with Crippen molar-refractivity contribution in [3.05, 3.63) is 59.7 Å². The van der Waals surface area contributed by atoms with E-state index in [-0.39, 0.29) is 17.3 Å². The molecule has 7 nitrogen and oxygen atoms in total. The van der Waals surface area contributed by atoms with Crippen molar-refractivity contribution in [3.8, 4) is 5.75 Å². The van der Waals surface area contributed by atoms with Gasteiger partial charge in [-0.3, -0.25) is 4.79 Å². The Balaban J connectivity index is 1.61. The molecule has 0 atom stereocenters. The molecule has 146 valence electrons. The summed E-state index contributed by atoms with van der Waals surface area (Å²) in [6.45, 7) is 1.43. The summed E-state index contributed by atoms with van der Waals surface area (Å²) < 4.78 is 27.5. The quantitative estimate of drug-likeness (QED) is 0.520. The Morgan fingerprint density at radius 1 is 0.963 bits per heavy atom. The highest BCUT2D eigenvalue weighted by molar-refractivity contribution is 7.89. The van der Waals surface area contributed by atoms with Gasteiger partial charge < -0.3 is 15.4 Å². The molecule has 0 unspecified atom stereocenters. The van der Waals surface area contributed by atoms with Gasteiger partial charge in [0.1, 0.15) is 5.75 Å². The van der Waals surface area contributed by atoms with Gasteiger partial charge in [0, 0.05) is 6.54 Å². The molecule has 0 spiro atoms. The number of nitrogens with one attached hydrogen (secondary N) is 2. The van der Waals surface area contributed by atoms with Crippen LogP contribution in [0, 0.1) is 0 Å². The molecule has 0 heterocycles. The molecule has 2 rings (SSSR count). The maximum Gasteiger partial charge on any atom is 0.238 e. The van der Waals surface area contributed by atoms with Crippen molar-refractivity contribution in [2.45, 2.75) is 17.7 Å². The monoisotopic (exact) mass is 391 g/mol. The van der Waals surface area contributed by atoms with Gasteiger partial charge in [0.05, 0.1) is 18.6 Å². The lowest BCUT2D eigenvalue weighted by molar-refractivity contribution is -0.120. The van der Waals surface area contributed by atoms with Crippen LogP contribution in [0.2, 0.25) is 0 Å². The third kappa shape index (κ3) is 7.38. The molecule has 0 saturated heterocycles. The van der Waals surface area contributed by atoms with Gasteiger partial charge in [-0.2, -0.15) is 0 Å². The largest absolute Gasteiger partial charge is 0.497 e. The molecule has 0 aliphatic rings. The molecule has 0 aliphatic carbocycles. The Morgan fingerprint density at radius 3 is 2.07 bits per heavy atom. The first-order valence-electron chi connectivity index (χ1n) is 8.60. The van der Waals surface area contributed by atoms with E-state index >= 15 is 0 Å². The van der Waals surface area contributed by atoms with Crippen molar-refractivity contribution in [1.82, 2.24) is 10.6 Å². The smallest absolute Gasteiger partial charge is 0.238 e. The average molecular weight is 391 g/mol. The van der Waals surface area contributed by atoms with E-state index in [1.165, 1.54) is 17.7 Å². The normalized spacial score (nSPS) is 11.2. The van der Waals surface area contributed by atoms with E-state index in [0.717, 1.165) is 17.7 Å². The van der Waals surface area contributed by atoms with Crippen LogP contribution >= 0.6 is 0 Å². The molecular weight excluding hydrogens is 366 g/mol. The van der Waals surface area contributed by atoms with Crippen molar-refractivity contribution in [3.63, 3.8) is 0 Å².